The van der Waals surface area contributed by atoms with Gasteiger partial charge in [-0.2, -0.15) is 11.3 Å². The minimum absolute atomic E-state index is 0.0672. The number of hydrogen-bond acceptors (Lipinski definition) is 3. The Labute approximate surface area is 128 Å². The maximum Gasteiger partial charge on any atom is 0.320 e. The Balaban J connectivity index is 1.57. The summed E-state index contributed by atoms with van der Waals surface area (Å²) in [6, 6.07) is 2.49. The Bertz CT molecular complexity index is 521. The Kier molecular flexibility index (Phi) is 3.89. The summed E-state index contributed by atoms with van der Waals surface area (Å²) in [5, 5.41) is 13.1. The third-order valence-corrected chi connectivity index (χ3v) is 5.18. The molecule has 2 amide bonds. The highest BCUT2D eigenvalue weighted by Gasteiger charge is 2.42. The molecule has 2 aliphatic rings. The number of hydrogen-bond donors (Lipinski definition) is 1. The third kappa shape index (κ3) is 3.05. The van der Waals surface area contributed by atoms with Crippen LogP contribution in [0.5, 0.6) is 0 Å². The Morgan fingerprint density at radius 3 is 2.71 bits per heavy atom. The van der Waals surface area contributed by atoms with E-state index in [0.717, 1.165) is 12.8 Å². The number of likely N-dealkylation sites (tertiary alicyclic amines) is 1. The average Bonchev–Trinajstić information content (AvgIpc) is 3.10. The molecule has 1 saturated heterocycles. The number of aliphatic carboxylic acids is 1. The normalized spacial score (nSPS) is 20.0. The van der Waals surface area contributed by atoms with E-state index in [1.807, 2.05) is 10.3 Å². The number of carboxylic acids is 1. The van der Waals surface area contributed by atoms with Gasteiger partial charge >= 0.3 is 12.0 Å². The molecule has 1 N–H and O–H groups in total. The SMILES string of the molecule is CC(C(=O)O)C1CN(C(=O)N(Cc2ccsc2)C2CC2)C1. The summed E-state index contributed by atoms with van der Waals surface area (Å²) in [5.41, 5.74) is 1.18. The van der Waals surface area contributed by atoms with Gasteiger partial charge in [0.05, 0.1) is 5.92 Å². The van der Waals surface area contributed by atoms with E-state index in [2.05, 4.69) is 11.4 Å². The van der Waals surface area contributed by atoms with Crippen LogP contribution in [0.2, 0.25) is 0 Å². The highest BCUT2D eigenvalue weighted by atomic mass is 32.1. The van der Waals surface area contributed by atoms with Gasteiger partial charge in [0, 0.05) is 31.6 Å². The molecule has 3 rings (SSSR count). The summed E-state index contributed by atoms with van der Waals surface area (Å²) >= 11 is 1.64. The molecule has 0 spiro atoms. The fourth-order valence-electron chi connectivity index (χ4n) is 2.69. The van der Waals surface area contributed by atoms with E-state index in [9.17, 15) is 9.59 Å². The second-order valence-corrected chi connectivity index (χ2v) is 6.85. The number of rotatable bonds is 5. The van der Waals surface area contributed by atoms with Gasteiger partial charge in [-0.1, -0.05) is 6.92 Å². The van der Waals surface area contributed by atoms with Crippen molar-refractivity contribution in [2.75, 3.05) is 13.1 Å². The largest absolute Gasteiger partial charge is 0.481 e. The van der Waals surface area contributed by atoms with Crippen molar-refractivity contribution in [1.82, 2.24) is 9.80 Å². The Morgan fingerprint density at radius 2 is 2.19 bits per heavy atom. The molecule has 1 unspecified atom stereocenters. The molecule has 0 aromatic carbocycles. The summed E-state index contributed by atoms with van der Waals surface area (Å²) in [4.78, 5) is 27.3. The van der Waals surface area contributed by atoms with Crippen molar-refractivity contribution in [3.05, 3.63) is 22.4 Å². The molecule has 0 radical (unpaired) electrons. The third-order valence-electron chi connectivity index (χ3n) is 4.44. The maximum atomic E-state index is 12.6. The summed E-state index contributed by atoms with van der Waals surface area (Å²) in [5.74, 6) is -1.06. The molecule has 1 aliphatic heterocycles. The first kappa shape index (κ1) is 14.4. The second kappa shape index (κ2) is 5.67. The van der Waals surface area contributed by atoms with Crippen LogP contribution in [0.4, 0.5) is 4.79 Å². The smallest absolute Gasteiger partial charge is 0.320 e. The van der Waals surface area contributed by atoms with E-state index >= 15 is 0 Å². The van der Waals surface area contributed by atoms with Crippen molar-refractivity contribution < 1.29 is 14.7 Å². The zero-order valence-corrected chi connectivity index (χ0v) is 12.9. The van der Waals surface area contributed by atoms with Crippen LogP contribution in [0.25, 0.3) is 0 Å². The Hall–Kier alpha value is -1.56. The van der Waals surface area contributed by atoms with E-state index in [0.29, 0.717) is 25.7 Å². The van der Waals surface area contributed by atoms with Crippen LogP contribution < -0.4 is 0 Å². The summed E-state index contributed by atoms with van der Waals surface area (Å²) in [7, 11) is 0. The summed E-state index contributed by atoms with van der Waals surface area (Å²) in [6.07, 6.45) is 2.16. The van der Waals surface area contributed by atoms with Crippen molar-refractivity contribution in [2.45, 2.75) is 32.4 Å². The first-order valence-electron chi connectivity index (χ1n) is 7.35. The molecule has 2 heterocycles. The van der Waals surface area contributed by atoms with Crippen LogP contribution in [0.1, 0.15) is 25.3 Å². The van der Waals surface area contributed by atoms with E-state index in [1.54, 1.807) is 23.2 Å². The molecule has 1 saturated carbocycles. The standard InChI is InChI=1S/C15H20N2O3S/c1-10(14(18)19)12-7-16(8-12)15(20)17(13-2-3-13)6-11-4-5-21-9-11/h4-5,9-10,12-13H,2-3,6-8H2,1H3,(H,18,19). The van der Waals surface area contributed by atoms with Crippen LogP contribution >= 0.6 is 11.3 Å². The van der Waals surface area contributed by atoms with E-state index in [1.165, 1.54) is 5.56 Å². The zero-order valence-electron chi connectivity index (χ0n) is 12.1. The van der Waals surface area contributed by atoms with Gasteiger partial charge in [0.25, 0.3) is 0 Å². The monoisotopic (exact) mass is 308 g/mol. The van der Waals surface area contributed by atoms with Gasteiger partial charge in [0.15, 0.2) is 0 Å². The van der Waals surface area contributed by atoms with Crippen LogP contribution in [-0.4, -0.2) is 46.0 Å². The molecule has 2 fully saturated rings. The van der Waals surface area contributed by atoms with Crippen molar-refractivity contribution in [3.8, 4) is 0 Å². The van der Waals surface area contributed by atoms with Crippen LogP contribution in [0, 0.1) is 11.8 Å². The Morgan fingerprint density at radius 1 is 1.48 bits per heavy atom. The number of nitrogens with zero attached hydrogens (tertiary/aromatic N) is 2. The molecule has 0 bridgehead atoms. The first-order chi connectivity index (χ1) is 10.1. The number of carbonyl (C=O) groups excluding carboxylic acids is 1. The lowest BCUT2D eigenvalue weighted by Gasteiger charge is -2.43. The highest BCUT2D eigenvalue weighted by Crippen LogP contribution is 2.32. The van der Waals surface area contributed by atoms with E-state index < -0.39 is 5.97 Å². The van der Waals surface area contributed by atoms with Crippen LogP contribution in [0.15, 0.2) is 16.8 Å². The van der Waals surface area contributed by atoms with E-state index in [4.69, 9.17) is 5.11 Å². The lowest BCUT2D eigenvalue weighted by Crippen LogP contribution is -2.57. The number of urea groups is 1. The fraction of sp³-hybridized carbons (Fsp3) is 0.600. The van der Waals surface area contributed by atoms with Crippen molar-refractivity contribution in [2.24, 2.45) is 11.8 Å². The van der Waals surface area contributed by atoms with E-state index in [-0.39, 0.29) is 17.9 Å². The molecule has 21 heavy (non-hydrogen) atoms. The molecule has 114 valence electrons. The van der Waals surface area contributed by atoms with Gasteiger partial charge in [0.1, 0.15) is 0 Å². The number of carboxylic acid groups (broad SMARTS) is 1. The van der Waals surface area contributed by atoms with Gasteiger partial charge in [-0.15, -0.1) is 0 Å². The predicted molar refractivity (Wildman–Crippen MR) is 80.1 cm³/mol. The van der Waals surface area contributed by atoms with Crippen molar-refractivity contribution in [3.63, 3.8) is 0 Å². The minimum atomic E-state index is -0.774. The molecule has 1 aliphatic carbocycles. The van der Waals surface area contributed by atoms with Gasteiger partial charge < -0.3 is 14.9 Å². The minimum Gasteiger partial charge on any atom is -0.481 e. The average molecular weight is 308 g/mol. The highest BCUT2D eigenvalue weighted by molar-refractivity contribution is 7.07. The predicted octanol–water partition coefficient (Wildman–Crippen LogP) is 2.49. The zero-order chi connectivity index (χ0) is 15.0. The van der Waals surface area contributed by atoms with Gasteiger partial charge in [0.2, 0.25) is 0 Å². The molecular formula is C15H20N2O3S. The van der Waals surface area contributed by atoms with Crippen LogP contribution in [-0.2, 0) is 11.3 Å². The van der Waals surface area contributed by atoms with Gasteiger partial charge in [-0.3, -0.25) is 4.79 Å². The molecule has 1 aromatic rings. The number of carbonyl (C=O) groups is 2. The fourth-order valence-corrected chi connectivity index (χ4v) is 3.35. The molecule has 1 atom stereocenters. The molecule has 6 heteroatoms. The second-order valence-electron chi connectivity index (χ2n) is 6.07. The quantitative estimate of drug-likeness (QED) is 0.909. The van der Waals surface area contributed by atoms with Crippen molar-refractivity contribution in [1.29, 1.82) is 0 Å². The summed E-state index contributed by atoms with van der Waals surface area (Å²) < 4.78 is 0. The van der Waals surface area contributed by atoms with Gasteiger partial charge in [-0.25, -0.2) is 4.79 Å². The van der Waals surface area contributed by atoms with Crippen LogP contribution in [0.3, 0.4) is 0 Å². The molecule has 1 aromatic heterocycles. The van der Waals surface area contributed by atoms with Crippen molar-refractivity contribution >= 4 is 23.3 Å². The topological polar surface area (TPSA) is 60.9 Å². The molecular weight excluding hydrogens is 288 g/mol. The number of amides is 2. The first-order valence-corrected chi connectivity index (χ1v) is 8.30. The lowest BCUT2D eigenvalue weighted by atomic mass is 9.87. The number of thiophene rings is 1. The maximum absolute atomic E-state index is 12.6. The van der Waals surface area contributed by atoms with Gasteiger partial charge in [-0.05, 0) is 35.2 Å². The summed E-state index contributed by atoms with van der Waals surface area (Å²) in [6.45, 7) is 3.53. The molecule has 5 nitrogen and oxygen atoms in total. The lowest BCUT2D eigenvalue weighted by molar-refractivity contribution is -0.144.